The summed E-state index contributed by atoms with van der Waals surface area (Å²) in [5, 5.41) is 9.77. The first-order valence-corrected chi connectivity index (χ1v) is 15.3. The topological polar surface area (TPSA) is 65.0 Å². The minimum absolute atomic E-state index is 0.0717. The molecule has 0 aliphatic carbocycles. The van der Waals surface area contributed by atoms with Crippen LogP contribution in [0.2, 0.25) is 0 Å². The minimum atomic E-state index is -4.29. The van der Waals surface area contributed by atoms with Crippen molar-refractivity contribution in [2.75, 3.05) is 0 Å². The fourth-order valence-corrected chi connectivity index (χ4v) is 5.55. The van der Waals surface area contributed by atoms with Crippen LogP contribution in [0.5, 0.6) is 23.0 Å². The van der Waals surface area contributed by atoms with Crippen LogP contribution in [0.4, 0.5) is 0 Å². The Balaban J connectivity index is 2.17. The summed E-state index contributed by atoms with van der Waals surface area (Å²) < 4.78 is 33.2. The van der Waals surface area contributed by atoms with Crippen LogP contribution in [0.15, 0.2) is 60.7 Å². The summed E-state index contributed by atoms with van der Waals surface area (Å²) in [7, 11) is -4.29. The zero-order valence-corrected chi connectivity index (χ0v) is 27.2. The Morgan fingerprint density at radius 2 is 0.900 bits per heavy atom. The third-order valence-corrected chi connectivity index (χ3v) is 8.06. The lowest BCUT2D eigenvalue weighted by molar-refractivity contribution is 0.293. The molecule has 218 valence electrons. The van der Waals surface area contributed by atoms with Gasteiger partial charge >= 0.3 is 7.82 Å². The standard InChI is InChI=1S/C34H47O5P/c1-31(2,3)23-13-19-29(27(21-23)33(7,8)9)38-40(36,37-26-17-15-25(35)16-18-26)39-30-20-14-24(32(4,5)6)22-28(30)34(10,11)12/h13-22,35H,1-12H3. The summed E-state index contributed by atoms with van der Waals surface area (Å²) in [6.07, 6.45) is 0. The van der Waals surface area contributed by atoms with E-state index in [1.54, 1.807) is 0 Å². The number of phenolic OH excluding ortho intramolecular Hbond substituents is 1. The second-order valence-electron chi connectivity index (χ2n) is 14.6. The van der Waals surface area contributed by atoms with E-state index in [-0.39, 0.29) is 33.2 Å². The van der Waals surface area contributed by atoms with E-state index in [2.05, 4.69) is 95.2 Å². The molecule has 0 saturated heterocycles. The Kier molecular flexibility index (Phi) is 8.55. The fraction of sp³-hybridized carbons (Fsp3) is 0.471. The Morgan fingerprint density at radius 3 is 1.23 bits per heavy atom. The first-order chi connectivity index (χ1) is 18.1. The molecule has 0 saturated carbocycles. The molecule has 40 heavy (non-hydrogen) atoms. The van der Waals surface area contributed by atoms with Gasteiger partial charge in [0, 0.05) is 11.1 Å². The quantitative estimate of drug-likeness (QED) is 0.301. The molecule has 0 fully saturated rings. The second kappa shape index (κ2) is 10.8. The largest absolute Gasteiger partial charge is 0.647 e. The zero-order valence-electron chi connectivity index (χ0n) is 26.3. The molecule has 0 unspecified atom stereocenters. The monoisotopic (exact) mass is 566 g/mol. The average molecular weight is 567 g/mol. The minimum Gasteiger partial charge on any atom is -0.508 e. The summed E-state index contributed by atoms with van der Waals surface area (Å²) >= 11 is 0. The number of phenols is 1. The van der Waals surface area contributed by atoms with Crippen molar-refractivity contribution in [2.45, 2.75) is 105 Å². The van der Waals surface area contributed by atoms with Crippen LogP contribution in [0.1, 0.15) is 105 Å². The number of benzene rings is 3. The van der Waals surface area contributed by atoms with Crippen molar-refractivity contribution in [1.29, 1.82) is 0 Å². The first-order valence-electron chi connectivity index (χ1n) is 13.9. The van der Waals surface area contributed by atoms with Crippen molar-refractivity contribution in [2.24, 2.45) is 0 Å². The smallest absolute Gasteiger partial charge is 0.508 e. The molecule has 0 atom stereocenters. The third kappa shape index (κ3) is 7.85. The lowest BCUT2D eigenvalue weighted by Gasteiger charge is -2.30. The molecule has 5 nitrogen and oxygen atoms in total. The van der Waals surface area contributed by atoms with E-state index in [1.165, 1.54) is 24.3 Å². The van der Waals surface area contributed by atoms with Crippen LogP contribution in [0.3, 0.4) is 0 Å². The van der Waals surface area contributed by atoms with E-state index in [0.29, 0.717) is 11.5 Å². The van der Waals surface area contributed by atoms with Gasteiger partial charge in [0.05, 0.1) is 0 Å². The molecule has 0 heterocycles. The Hall–Kier alpha value is -2.91. The molecule has 0 bridgehead atoms. The van der Waals surface area contributed by atoms with Crippen LogP contribution in [-0.4, -0.2) is 5.11 Å². The van der Waals surface area contributed by atoms with Gasteiger partial charge in [0.15, 0.2) is 0 Å². The Labute approximate surface area is 241 Å². The summed E-state index contributed by atoms with van der Waals surface area (Å²) in [4.78, 5) is 0. The van der Waals surface area contributed by atoms with E-state index in [1.807, 2.05) is 24.3 Å². The van der Waals surface area contributed by atoms with Crippen LogP contribution in [0, 0.1) is 0 Å². The van der Waals surface area contributed by atoms with E-state index < -0.39 is 7.82 Å². The maximum atomic E-state index is 14.6. The molecule has 1 N–H and O–H groups in total. The van der Waals surface area contributed by atoms with E-state index in [4.69, 9.17) is 13.6 Å². The molecule has 0 aromatic heterocycles. The van der Waals surface area contributed by atoms with Gasteiger partial charge in [-0.25, -0.2) is 0 Å². The van der Waals surface area contributed by atoms with Crippen molar-refractivity contribution < 1.29 is 23.2 Å². The Bertz CT molecular complexity index is 1300. The lowest BCUT2D eigenvalue weighted by atomic mass is 9.80. The molecule has 6 heteroatoms. The molecule has 0 spiro atoms. The molecule has 0 aliphatic heterocycles. The maximum absolute atomic E-state index is 14.6. The molecule has 3 rings (SSSR count). The van der Waals surface area contributed by atoms with Gasteiger partial charge in [0.2, 0.25) is 0 Å². The highest BCUT2D eigenvalue weighted by Crippen LogP contribution is 2.53. The number of phosphoric acid groups is 1. The highest BCUT2D eigenvalue weighted by molar-refractivity contribution is 7.49. The lowest BCUT2D eigenvalue weighted by Crippen LogP contribution is -2.20. The highest BCUT2D eigenvalue weighted by Gasteiger charge is 2.38. The average Bonchev–Trinajstić information content (AvgIpc) is 2.78. The molecule has 0 radical (unpaired) electrons. The zero-order chi connectivity index (χ0) is 30.3. The molecule has 3 aromatic carbocycles. The first kappa shape index (κ1) is 31.6. The van der Waals surface area contributed by atoms with Gasteiger partial charge in [-0.1, -0.05) is 107 Å². The van der Waals surface area contributed by atoms with Crippen molar-refractivity contribution in [3.8, 4) is 23.0 Å². The summed E-state index contributed by atoms with van der Waals surface area (Å²) in [6, 6.07) is 17.9. The molecule has 0 aliphatic rings. The van der Waals surface area contributed by atoms with E-state index in [0.717, 1.165) is 22.3 Å². The van der Waals surface area contributed by atoms with Gasteiger partial charge in [-0.15, -0.1) is 0 Å². The van der Waals surface area contributed by atoms with Crippen molar-refractivity contribution >= 4 is 7.82 Å². The Morgan fingerprint density at radius 1 is 0.525 bits per heavy atom. The van der Waals surface area contributed by atoms with Crippen LogP contribution in [-0.2, 0) is 26.2 Å². The van der Waals surface area contributed by atoms with Crippen molar-refractivity contribution in [3.63, 3.8) is 0 Å². The van der Waals surface area contributed by atoms with Gasteiger partial charge in [-0.3, -0.25) is 0 Å². The predicted octanol–water partition coefficient (Wildman–Crippen LogP) is 10.2. The summed E-state index contributed by atoms with van der Waals surface area (Å²) in [5.74, 6) is 1.20. The number of hydrogen-bond acceptors (Lipinski definition) is 5. The number of rotatable bonds is 6. The fourth-order valence-electron chi connectivity index (χ4n) is 4.26. The third-order valence-electron chi connectivity index (χ3n) is 6.78. The van der Waals surface area contributed by atoms with E-state index in [9.17, 15) is 9.67 Å². The highest BCUT2D eigenvalue weighted by atomic mass is 31.2. The molecular weight excluding hydrogens is 519 g/mol. The second-order valence-corrected chi connectivity index (χ2v) is 16.1. The van der Waals surface area contributed by atoms with Gasteiger partial charge in [-0.2, -0.15) is 4.57 Å². The van der Waals surface area contributed by atoms with Gasteiger partial charge < -0.3 is 18.7 Å². The van der Waals surface area contributed by atoms with Crippen LogP contribution < -0.4 is 13.6 Å². The van der Waals surface area contributed by atoms with Gasteiger partial charge in [0.1, 0.15) is 23.0 Å². The van der Waals surface area contributed by atoms with Crippen molar-refractivity contribution in [3.05, 3.63) is 82.9 Å². The van der Waals surface area contributed by atoms with Crippen LogP contribution >= 0.6 is 7.82 Å². The maximum Gasteiger partial charge on any atom is 0.647 e. The number of hydrogen-bond donors (Lipinski definition) is 1. The number of aromatic hydroxyl groups is 1. The summed E-state index contributed by atoms with van der Waals surface area (Å²) in [6.45, 7) is 25.5. The normalized spacial score (nSPS) is 13.2. The van der Waals surface area contributed by atoms with Gasteiger partial charge in [-0.05, 0) is 69.2 Å². The van der Waals surface area contributed by atoms with Gasteiger partial charge in [0.25, 0.3) is 0 Å². The number of phosphoric ester groups is 1. The van der Waals surface area contributed by atoms with E-state index >= 15 is 0 Å². The molecule has 0 amide bonds. The van der Waals surface area contributed by atoms with Crippen molar-refractivity contribution in [1.82, 2.24) is 0 Å². The predicted molar refractivity (Wildman–Crippen MR) is 165 cm³/mol. The SMILES string of the molecule is CC(C)(C)c1ccc(OP(=O)(Oc2ccc(O)cc2)Oc2ccc(C(C)(C)C)cc2C(C)(C)C)c(C(C)(C)C)c1. The molecule has 3 aromatic rings. The molecular formula is C34H47O5P. The van der Waals surface area contributed by atoms with Crippen LogP contribution in [0.25, 0.3) is 0 Å². The summed E-state index contributed by atoms with van der Waals surface area (Å²) in [5.41, 5.74) is 3.35.